The van der Waals surface area contributed by atoms with E-state index in [-0.39, 0.29) is 18.1 Å². The molecule has 3 unspecified atom stereocenters. The molecule has 30 heavy (non-hydrogen) atoms. The van der Waals surface area contributed by atoms with Crippen molar-refractivity contribution in [1.82, 2.24) is 15.1 Å². The lowest BCUT2D eigenvalue weighted by molar-refractivity contribution is -0.119. The van der Waals surface area contributed by atoms with E-state index in [0.29, 0.717) is 12.3 Å². The molecule has 0 radical (unpaired) electrons. The summed E-state index contributed by atoms with van der Waals surface area (Å²) in [4.78, 5) is 20.5. The fourth-order valence-electron chi connectivity index (χ4n) is 4.75. The molecule has 0 saturated carbocycles. The van der Waals surface area contributed by atoms with E-state index in [2.05, 4.69) is 58.2 Å². The van der Waals surface area contributed by atoms with Gasteiger partial charge in [-0.1, -0.05) is 24.3 Å². The van der Waals surface area contributed by atoms with Crippen molar-refractivity contribution in [1.29, 1.82) is 0 Å². The van der Waals surface area contributed by atoms with Gasteiger partial charge in [-0.2, -0.15) is 0 Å². The summed E-state index contributed by atoms with van der Waals surface area (Å²) in [6.07, 6.45) is 3.10. The number of likely N-dealkylation sites (tertiary alicyclic amines) is 1. The molecule has 3 N–H and O–H groups in total. The summed E-state index contributed by atoms with van der Waals surface area (Å²) >= 11 is 0. The van der Waals surface area contributed by atoms with Gasteiger partial charge in [-0.25, -0.2) is 0 Å². The molecule has 2 fully saturated rings. The highest BCUT2D eigenvalue weighted by Crippen LogP contribution is 2.20. The number of carbonyl (C=O) groups excluding carboxylic acids is 1. The van der Waals surface area contributed by atoms with Crippen molar-refractivity contribution in [2.45, 2.75) is 58.4 Å². The van der Waals surface area contributed by atoms with Crippen molar-refractivity contribution in [3.63, 3.8) is 0 Å². The molecule has 166 valence electrons. The van der Waals surface area contributed by atoms with Crippen LogP contribution in [-0.2, 0) is 22.6 Å². The molecule has 3 atom stereocenters. The van der Waals surface area contributed by atoms with Crippen LogP contribution in [0.2, 0.25) is 0 Å². The van der Waals surface area contributed by atoms with Gasteiger partial charge in [-0.3, -0.25) is 14.7 Å². The Morgan fingerprint density at radius 2 is 1.90 bits per heavy atom. The Balaban J connectivity index is 1.60. The molecule has 0 aromatic heterocycles. The number of aliphatic imine (C=N–C) groups is 1. The smallest absolute Gasteiger partial charge is 0.217 e. The molecule has 1 aromatic rings. The molecule has 0 spiro atoms. The van der Waals surface area contributed by atoms with Crippen molar-refractivity contribution in [2.24, 2.45) is 16.6 Å². The maximum absolute atomic E-state index is 11.3. The number of guanidine groups is 1. The second-order valence-electron chi connectivity index (χ2n) is 8.75. The molecule has 2 aliphatic heterocycles. The molecular formula is C23H37N5O2. The number of carbonyl (C=O) groups is 1. The van der Waals surface area contributed by atoms with E-state index in [1.165, 1.54) is 11.1 Å². The summed E-state index contributed by atoms with van der Waals surface area (Å²) in [5.74, 6) is 0.991. The van der Waals surface area contributed by atoms with Crippen molar-refractivity contribution in [2.75, 3.05) is 33.2 Å². The van der Waals surface area contributed by atoms with Gasteiger partial charge in [0.05, 0.1) is 12.2 Å². The number of nitrogens with two attached hydrogens (primary N) is 1. The number of primary amides is 1. The van der Waals surface area contributed by atoms with Gasteiger partial charge in [0.25, 0.3) is 0 Å². The lowest BCUT2D eigenvalue weighted by atomic mass is 9.95. The monoisotopic (exact) mass is 415 g/mol. The topological polar surface area (TPSA) is 83.2 Å². The van der Waals surface area contributed by atoms with E-state index in [4.69, 9.17) is 10.5 Å². The molecular weight excluding hydrogens is 378 g/mol. The summed E-state index contributed by atoms with van der Waals surface area (Å²) in [5, 5.41) is 3.54. The minimum atomic E-state index is -0.217. The number of piperidine rings is 1. The lowest BCUT2D eigenvalue weighted by Gasteiger charge is -2.36. The third kappa shape index (κ3) is 6.44. The molecule has 2 aliphatic rings. The van der Waals surface area contributed by atoms with Crippen molar-refractivity contribution in [3.05, 3.63) is 35.4 Å². The van der Waals surface area contributed by atoms with E-state index < -0.39 is 0 Å². The number of morpholine rings is 1. The largest absolute Gasteiger partial charge is 0.373 e. The first-order valence-electron chi connectivity index (χ1n) is 11.1. The highest BCUT2D eigenvalue weighted by Gasteiger charge is 2.24. The van der Waals surface area contributed by atoms with Gasteiger partial charge in [-0.15, -0.1) is 0 Å². The van der Waals surface area contributed by atoms with Crippen molar-refractivity contribution in [3.8, 4) is 0 Å². The first-order valence-corrected chi connectivity index (χ1v) is 11.1. The van der Waals surface area contributed by atoms with Crippen LogP contribution >= 0.6 is 0 Å². The van der Waals surface area contributed by atoms with Crippen LogP contribution in [0.15, 0.2) is 29.3 Å². The maximum atomic E-state index is 11.3. The summed E-state index contributed by atoms with van der Waals surface area (Å²) in [6, 6.07) is 8.61. The Labute approximate surface area is 180 Å². The molecule has 3 rings (SSSR count). The third-order valence-electron chi connectivity index (χ3n) is 5.96. The van der Waals surface area contributed by atoms with Crippen LogP contribution in [0.4, 0.5) is 0 Å². The zero-order valence-electron chi connectivity index (χ0n) is 18.6. The van der Waals surface area contributed by atoms with Crippen molar-refractivity contribution >= 4 is 11.9 Å². The van der Waals surface area contributed by atoms with Gasteiger partial charge in [0.1, 0.15) is 0 Å². The molecule has 1 amide bonds. The quantitative estimate of drug-likeness (QED) is 0.548. The van der Waals surface area contributed by atoms with Gasteiger partial charge in [0, 0.05) is 52.7 Å². The van der Waals surface area contributed by atoms with E-state index in [9.17, 15) is 4.79 Å². The highest BCUT2D eigenvalue weighted by molar-refractivity contribution is 5.80. The lowest BCUT2D eigenvalue weighted by Crippen LogP contribution is -2.47. The summed E-state index contributed by atoms with van der Waals surface area (Å²) in [6.45, 7) is 9.65. The van der Waals surface area contributed by atoms with Gasteiger partial charge in [0.2, 0.25) is 5.91 Å². The second-order valence-corrected chi connectivity index (χ2v) is 8.75. The second kappa shape index (κ2) is 10.8. The molecule has 2 heterocycles. The third-order valence-corrected chi connectivity index (χ3v) is 5.96. The summed E-state index contributed by atoms with van der Waals surface area (Å²) in [5.41, 5.74) is 8.04. The number of hydrogen-bond acceptors (Lipinski definition) is 4. The fraction of sp³-hybridized carbons (Fsp3) is 0.652. The molecule has 0 aliphatic carbocycles. The number of nitrogens with one attached hydrogen (secondary N) is 1. The van der Waals surface area contributed by atoms with Gasteiger partial charge >= 0.3 is 0 Å². The van der Waals surface area contributed by atoms with E-state index in [1.807, 2.05) is 7.05 Å². The number of nitrogens with zero attached hydrogens (tertiary/aromatic N) is 3. The first kappa shape index (κ1) is 22.6. The maximum Gasteiger partial charge on any atom is 0.217 e. The highest BCUT2D eigenvalue weighted by atomic mass is 16.5. The van der Waals surface area contributed by atoms with Crippen LogP contribution < -0.4 is 11.1 Å². The fourth-order valence-corrected chi connectivity index (χ4v) is 4.75. The Bertz CT molecular complexity index is 728. The Hall–Kier alpha value is -2.12. The van der Waals surface area contributed by atoms with Gasteiger partial charge in [-0.05, 0) is 43.7 Å². The minimum absolute atomic E-state index is 0.217. The minimum Gasteiger partial charge on any atom is -0.373 e. The van der Waals surface area contributed by atoms with Crippen LogP contribution in [0.5, 0.6) is 0 Å². The number of hydrogen-bond donors (Lipinski definition) is 2. The number of rotatable bonds is 6. The Morgan fingerprint density at radius 3 is 2.57 bits per heavy atom. The predicted molar refractivity (Wildman–Crippen MR) is 120 cm³/mol. The molecule has 7 heteroatoms. The van der Waals surface area contributed by atoms with Crippen molar-refractivity contribution < 1.29 is 9.53 Å². The van der Waals surface area contributed by atoms with Crippen LogP contribution in [-0.4, -0.2) is 67.1 Å². The Morgan fingerprint density at radius 1 is 1.20 bits per heavy atom. The molecule has 7 nitrogen and oxygen atoms in total. The number of ether oxygens (including phenoxy) is 1. The summed E-state index contributed by atoms with van der Waals surface area (Å²) < 4.78 is 5.87. The van der Waals surface area contributed by atoms with E-state index >= 15 is 0 Å². The molecule has 0 bridgehead atoms. The van der Waals surface area contributed by atoms with E-state index in [0.717, 1.165) is 58.1 Å². The predicted octanol–water partition coefficient (Wildman–Crippen LogP) is 1.96. The summed E-state index contributed by atoms with van der Waals surface area (Å²) in [7, 11) is 1.82. The number of benzene rings is 1. The Kier molecular flexibility index (Phi) is 8.10. The van der Waals surface area contributed by atoms with Crippen LogP contribution in [0.25, 0.3) is 0 Å². The van der Waals surface area contributed by atoms with Gasteiger partial charge in [0.15, 0.2) is 5.96 Å². The molecule has 1 aromatic carbocycles. The average Bonchev–Trinajstić information content (AvgIpc) is 2.69. The van der Waals surface area contributed by atoms with Crippen LogP contribution in [0, 0.1) is 5.92 Å². The van der Waals surface area contributed by atoms with Crippen LogP contribution in [0.1, 0.15) is 44.2 Å². The van der Waals surface area contributed by atoms with Crippen LogP contribution in [0.3, 0.4) is 0 Å². The normalized spacial score (nSPS) is 25.9. The zero-order chi connectivity index (χ0) is 21.5. The van der Waals surface area contributed by atoms with Gasteiger partial charge < -0.3 is 20.7 Å². The zero-order valence-corrected chi connectivity index (χ0v) is 18.6. The SMILES string of the molecule is CN=C(NCc1ccccc1CN1CC(C)OC(C)C1)N1CCCC(CC(N)=O)C1. The van der Waals surface area contributed by atoms with E-state index in [1.54, 1.807) is 0 Å². The molecule has 2 saturated heterocycles. The average molecular weight is 416 g/mol. The number of amides is 1. The first-order chi connectivity index (χ1) is 14.4. The standard InChI is InChI=1S/C23H37N5O2/c1-17-13-27(14-18(2)30-17)16-21-9-5-4-8-20(21)12-26-23(25-3)28-10-6-7-19(15-28)11-22(24)29/h4-5,8-9,17-19H,6-7,10-16H2,1-3H3,(H2,24,29)(H,25,26).